The topological polar surface area (TPSA) is 63.8 Å². The number of hydrazine groups is 1. The lowest BCUT2D eigenvalue weighted by Crippen LogP contribution is -2.09. The highest BCUT2D eigenvalue weighted by atomic mass is 79.9. The van der Waals surface area contributed by atoms with E-state index in [4.69, 9.17) is 5.84 Å². The first-order valence-electron chi connectivity index (χ1n) is 4.61. The van der Waals surface area contributed by atoms with Gasteiger partial charge in [-0.15, -0.1) is 0 Å². The van der Waals surface area contributed by atoms with Crippen molar-refractivity contribution in [3.05, 3.63) is 39.5 Å². The lowest BCUT2D eigenvalue weighted by molar-refractivity contribution is 1.02. The zero-order chi connectivity index (χ0) is 12.3. The summed E-state index contributed by atoms with van der Waals surface area (Å²) in [7, 11) is 0. The number of nitrogens with one attached hydrogen (secondary N) is 1. The molecule has 0 spiro atoms. The third kappa shape index (κ3) is 3.19. The molecule has 4 nitrogen and oxygen atoms in total. The van der Waals surface area contributed by atoms with Gasteiger partial charge in [-0.1, -0.05) is 27.7 Å². The standard InChI is InChI=1S/C10H8Br2N4S/c11-6-1-3-7(4-2-6)17-10-8(12)9(16-13)14-5-15-10/h1-5H,13H2,(H,14,15,16). The van der Waals surface area contributed by atoms with Crippen LogP contribution in [0.15, 0.2) is 49.5 Å². The number of aromatic nitrogens is 2. The minimum absolute atomic E-state index is 0.569. The summed E-state index contributed by atoms with van der Waals surface area (Å²) in [4.78, 5) is 9.29. The molecule has 1 heterocycles. The van der Waals surface area contributed by atoms with E-state index in [1.54, 1.807) is 0 Å². The molecule has 2 rings (SSSR count). The van der Waals surface area contributed by atoms with E-state index in [1.165, 1.54) is 18.1 Å². The average Bonchev–Trinajstić information content (AvgIpc) is 2.35. The number of hydrogen-bond donors (Lipinski definition) is 2. The SMILES string of the molecule is NNc1ncnc(Sc2ccc(Br)cc2)c1Br. The van der Waals surface area contributed by atoms with Crippen LogP contribution in [0.3, 0.4) is 0 Å². The van der Waals surface area contributed by atoms with Gasteiger partial charge in [0, 0.05) is 9.37 Å². The molecule has 0 saturated carbocycles. The molecule has 0 aliphatic carbocycles. The Balaban J connectivity index is 2.27. The highest BCUT2D eigenvalue weighted by Crippen LogP contribution is 2.34. The summed E-state index contributed by atoms with van der Waals surface area (Å²) in [5.74, 6) is 5.92. The molecule has 3 N–H and O–H groups in total. The molecule has 0 amide bonds. The van der Waals surface area contributed by atoms with Crippen LogP contribution in [0.2, 0.25) is 0 Å². The zero-order valence-corrected chi connectivity index (χ0v) is 12.5. The molecule has 0 atom stereocenters. The van der Waals surface area contributed by atoms with Gasteiger partial charge in [0.25, 0.3) is 0 Å². The Labute approximate surface area is 120 Å². The van der Waals surface area contributed by atoms with Gasteiger partial charge in [-0.25, -0.2) is 15.8 Å². The number of nitrogens with two attached hydrogens (primary N) is 1. The quantitative estimate of drug-likeness (QED) is 0.488. The Morgan fingerprint density at radius 1 is 1.12 bits per heavy atom. The molecule has 17 heavy (non-hydrogen) atoms. The predicted octanol–water partition coefficient (Wildman–Crippen LogP) is 3.44. The van der Waals surface area contributed by atoms with Crippen LogP contribution in [0, 0.1) is 0 Å². The lowest BCUT2D eigenvalue weighted by Gasteiger charge is -2.06. The summed E-state index contributed by atoms with van der Waals surface area (Å²) in [6, 6.07) is 8.00. The second kappa shape index (κ2) is 5.81. The number of anilines is 1. The van der Waals surface area contributed by atoms with Crippen LogP contribution in [-0.4, -0.2) is 9.97 Å². The van der Waals surface area contributed by atoms with Crippen molar-refractivity contribution in [2.24, 2.45) is 5.84 Å². The smallest absolute Gasteiger partial charge is 0.158 e. The molecule has 88 valence electrons. The molecular formula is C10H8Br2N4S. The molecule has 1 aromatic heterocycles. The lowest BCUT2D eigenvalue weighted by atomic mass is 10.4. The normalized spacial score (nSPS) is 10.3. The van der Waals surface area contributed by atoms with Gasteiger partial charge in [-0.2, -0.15) is 0 Å². The summed E-state index contributed by atoms with van der Waals surface area (Å²) < 4.78 is 1.81. The average molecular weight is 376 g/mol. The Morgan fingerprint density at radius 2 is 1.82 bits per heavy atom. The van der Waals surface area contributed by atoms with Crippen molar-refractivity contribution in [2.45, 2.75) is 9.92 Å². The van der Waals surface area contributed by atoms with Gasteiger partial charge < -0.3 is 5.43 Å². The van der Waals surface area contributed by atoms with Crippen LogP contribution in [0.5, 0.6) is 0 Å². The van der Waals surface area contributed by atoms with Gasteiger partial charge in [0.15, 0.2) is 5.82 Å². The molecule has 0 saturated heterocycles. The van der Waals surface area contributed by atoms with Gasteiger partial charge in [0.2, 0.25) is 0 Å². The molecule has 2 aromatic rings. The first-order valence-corrected chi connectivity index (χ1v) is 7.01. The second-order valence-electron chi connectivity index (χ2n) is 3.04. The minimum atomic E-state index is 0.569. The van der Waals surface area contributed by atoms with Crippen molar-refractivity contribution in [3.63, 3.8) is 0 Å². The number of halogens is 2. The van der Waals surface area contributed by atoms with Crippen LogP contribution in [0.4, 0.5) is 5.82 Å². The maximum atomic E-state index is 5.35. The van der Waals surface area contributed by atoms with E-state index in [-0.39, 0.29) is 0 Å². The van der Waals surface area contributed by atoms with E-state index in [0.29, 0.717) is 5.82 Å². The highest BCUT2D eigenvalue weighted by molar-refractivity contribution is 9.10. The molecule has 0 fully saturated rings. The van der Waals surface area contributed by atoms with Crippen LogP contribution >= 0.6 is 43.6 Å². The van der Waals surface area contributed by atoms with Crippen LogP contribution in [0.1, 0.15) is 0 Å². The van der Waals surface area contributed by atoms with Crippen molar-refractivity contribution < 1.29 is 0 Å². The van der Waals surface area contributed by atoms with Gasteiger partial charge in [-0.3, -0.25) is 0 Å². The monoisotopic (exact) mass is 374 g/mol. The molecule has 0 bridgehead atoms. The van der Waals surface area contributed by atoms with Crippen molar-refractivity contribution in [1.82, 2.24) is 9.97 Å². The molecule has 7 heteroatoms. The third-order valence-electron chi connectivity index (χ3n) is 1.92. The first kappa shape index (κ1) is 12.8. The number of benzene rings is 1. The Hall–Kier alpha value is -0.630. The molecule has 0 unspecified atom stereocenters. The number of nitrogen functional groups attached to an aromatic ring is 1. The highest BCUT2D eigenvalue weighted by Gasteiger charge is 2.09. The van der Waals surface area contributed by atoms with E-state index in [0.717, 1.165) is 18.9 Å². The van der Waals surface area contributed by atoms with Crippen molar-refractivity contribution in [1.29, 1.82) is 0 Å². The summed E-state index contributed by atoms with van der Waals surface area (Å²) in [5, 5.41) is 0.815. The maximum absolute atomic E-state index is 5.35. The van der Waals surface area contributed by atoms with Crippen LogP contribution in [0.25, 0.3) is 0 Å². The molecule has 0 aliphatic rings. The summed E-state index contributed by atoms with van der Waals surface area (Å²) >= 11 is 8.35. The Kier molecular flexibility index (Phi) is 4.38. The number of nitrogens with zero attached hydrogens (tertiary/aromatic N) is 2. The first-order chi connectivity index (χ1) is 8.20. The van der Waals surface area contributed by atoms with Gasteiger partial charge in [-0.05, 0) is 40.2 Å². The van der Waals surface area contributed by atoms with Gasteiger partial charge in [0.05, 0.1) is 4.47 Å². The fraction of sp³-hybridized carbons (Fsp3) is 0. The van der Waals surface area contributed by atoms with Crippen molar-refractivity contribution in [3.8, 4) is 0 Å². The van der Waals surface area contributed by atoms with E-state index in [9.17, 15) is 0 Å². The molecule has 0 aliphatic heterocycles. The predicted molar refractivity (Wildman–Crippen MR) is 75.8 cm³/mol. The largest absolute Gasteiger partial charge is 0.307 e. The zero-order valence-electron chi connectivity index (χ0n) is 8.52. The third-order valence-corrected chi connectivity index (χ3v) is 4.48. The van der Waals surface area contributed by atoms with Crippen LogP contribution < -0.4 is 11.3 Å². The van der Waals surface area contributed by atoms with E-state index in [2.05, 4.69) is 47.3 Å². The molecule has 1 aromatic carbocycles. The summed E-state index contributed by atoms with van der Waals surface area (Å²) in [5.41, 5.74) is 2.51. The summed E-state index contributed by atoms with van der Waals surface area (Å²) in [6.45, 7) is 0. The maximum Gasteiger partial charge on any atom is 0.158 e. The summed E-state index contributed by atoms with van der Waals surface area (Å²) in [6.07, 6.45) is 1.47. The number of hydrogen-bond acceptors (Lipinski definition) is 5. The van der Waals surface area contributed by atoms with Crippen LogP contribution in [-0.2, 0) is 0 Å². The van der Waals surface area contributed by atoms with E-state index < -0.39 is 0 Å². The Bertz CT molecular complexity index is 518. The van der Waals surface area contributed by atoms with Gasteiger partial charge >= 0.3 is 0 Å². The van der Waals surface area contributed by atoms with Crippen molar-refractivity contribution >= 4 is 49.4 Å². The van der Waals surface area contributed by atoms with E-state index in [1.807, 2.05) is 24.3 Å². The fourth-order valence-electron chi connectivity index (χ4n) is 1.14. The molecule has 0 radical (unpaired) electrons. The fourth-order valence-corrected chi connectivity index (χ4v) is 2.75. The Morgan fingerprint density at radius 3 is 2.47 bits per heavy atom. The van der Waals surface area contributed by atoms with Gasteiger partial charge in [0.1, 0.15) is 11.4 Å². The molecular weight excluding hydrogens is 368 g/mol. The second-order valence-corrected chi connectivity index (χ2v) is 5.81. The van der Waals surface area contributed by atoms with Crippen molar-refractivity contribution in [2.75, 3.05) is 5.43 Å². The number of rotatable bonds is 3. The minimum Gasteiger partial charge on any atom is -0.307 e. The van der Waals surface area contributed by atoms with E-state index >= 15 is 0 Å².